The second-order valence-corrected chi connectivity index (χ2v) is 0.341. The smallest absolute Gasteiger partial charge is 0.290 e. The zero-order valence-electron chi connectivity index (χ0n) is 4.87. The number of carboxylic acid groups (broad SMARTS) is 1. The molecule has 0 atom stereocenters. The first-order valence-corrected chi connectivity index (χ1v) is 1.75. The minimum atomic E-state index is -0.250. The summed E-state index contributed by atoms with van der Waals surface area (Å²) in [7, 11) is 1.00. The van der Waals surface area contributed by atoms with Gasteiger partial charge >= 0.3 is 0 Å². The van der Waals surface area contributed by atoms with Crippen LogP contribution in [0, 0.1) is 0 Å². The highest BCUT2D eigenvalue weighted by molar-refractivity contribution is 5.44. The number of rotatable bonds is 0. The van der Waals surface area contributed by atoms with Crippen LogP contribution in [0.3, 0.4) is 0 Å². The summed E-state index contributed by atoms with van der Waals surface area (Å²) >= 11 is 0. The molecule has 0 aliphatic heterocycles. The molecule has 0 aromatic rings. The Morgan fingerprint density at radius 1 is 1.25 bits per heavy atom. The molecule has 8 heavy (non-hydrogen) atoms. The largest absolute Gasteiger partial charge is 0.483 e. The van der Waals surface area contributed by atoms with Crippen LogP contribution in [0.4, 0.5) is 0 Å². The molecular formula is C4H10O4. The molecule has 0 rings (SSSR count). The first-order valence-electron chi connectivity index (χ1n) is 1.75. The predicted octanol–water partition coefficient (Wildman–Crippen LogP) is -0.486. The quantitative estimate of drug-likeness (QED) is 0.425. The third-order valence-electron chi connectivity index (χ3n) is 0. The van der Waals surface area contributed by atoms with Crippen molar-refractivity contribution in [1.29, 1.82) is 0 Å². The number of hydrogen-bond acceptors (Lipinski definition) is 3. The van der Waals surface area contributed by atoms with E-state index in [4.69, 9.17) is 19.8 Å². The van der Waals surface area contributed by atoms with Crippen LogP contribution in [0.2, 0.25) is 0 Å². The number of aliphatic hydroxyl groups is 1. The van der Waals surface area contributed by atoms with E-state index < -0.39 is 0 Å². The summed E-state index contributed by atoms with van der Waals surface area (Å²) in [5, 5.41) is 13.9. The molecule has 4 nitrogen and oxygen atoms in total. The van der Waals surface area contributed by atoms with Crippen LogP contribution in [-0.2, 0) is 9.59 Å². The van der Waals surface area contributed by atoms with E-state index in [1.807, 2.05) is 0 Å². The van der Waals surface area contributed by atoms with Gasteiger partial charge in [-0.3, -0.25) is 4.79 Å². The van der Waals surface area contributed by atoms with Gasteiger partial charge in [0.25, 0.3) is 6.47 Å². The van der Waals surface area contributed by atoms with Crippen molar-refractivity contribution in [1.82, 2.24) is 0 Å². The molecule has 0 amide bonds. The Morgan fingerprint density at radius 3 is 1.25 bits per heavy atom. The van der Waals surface area contributed by atoms with Gasteiger partial charge in [0, 0.05) is 7.11 Å². The number of carbonyl (C=O) groups excluding carboxylic acids is 1. The number of carbonyl (C=O) groups is 2. The maximum atomic E-state index is 8.81. The molecule has 0 saturated heterocycles. The summed E-state index contributed by atoms with van der Waals surface area (Å²) in [6.45, 7) is 1.19. The van der Waals surface area contributed by atoms with Crippen LogP contribution in [0.25, 0.3) is 0 Å². The minimum Gasteiger partial charge on any atom is -0.483 e. The van der Waals surface area contributed by atoms with E-state index in [0.717, 1.165) is 13.4 Å². The van der Waals surface area contributed by atoms with Gasteiger partial charge in [-0.15, -0.1) is 0 Å². The van der Waals surface area contributed by atoms with Crippen molar-refractivity contribution in [3.8, 4) is 0 Å². The maximum absolute atomic E-state index is 8.81. The van der Waals surface area contributed by atoms with Crippen molar-refractivity contribution in [3.05, 3.63) is 0 Å². The highest BCUT2D eigenvalue weighted by atomic mass is 16.3. The fraction of sp³-hybridized carbons (Fsp3) is 0.500. The molecule has 0 radical (unpaired) electrons. The Morgan fingerprint density at radius 2 is 1.25 bits per heavy atom. The van der Waals surface area contributed by atoms with E-state index in [1.54, 1.807) is 0 Å². The Hall–Kier alpha value is -0.900. The molecule has 0 heterocycles. The Labute approximate surface area is 47.8 Å². The Balaban J connectivity index is -0.0000000483. The second kappa shape index (κ2) is 131. The van der Waals surface area contributed by atoms with Crippen molar-refractivity contribution in [3.63, 3.8) is 0 Å². The SMILES string of the molecule is CC=O.CO.O=CO. The van der Waals surface area contributed by atoms with Crippen molar-refractivity contribution in [2.45, 2.75) is 6.92 Å². The standard InChI is InChI=1S/C2H4O.CH2O2.CH4O/c1-2-3;2-1-3;1-2/h2H,1H3;1H,(H,2,3);2H,1H3. The number of aldehydes is 1. The van der Waals surface area contributed by atoms with Crippen molar-refractivity contribution < 1.29 is 19.8 Å². The molecule has 0 fully saturated rings. The van der Waals surface area contributed by atoms with Gasteiger partial charge in [-0.2, -0.15) is 0 Å². The summed E-state index contributed by atoms with van der Waals surface area (Å²) in [5.41, 5.74) is 0. The van der Waals surface area contributed by atoms with Crippen LogP contribution in [-0.4, -0.2) is 30.1 Å². The van der Waals surface area contributed by atoms with Crippen LogP contribution in [0.5, 0.6) is 0 Å². The zero-order chi connectivity index (χ0) is 7.41. The first kappa shape index (κ1) is 15.7. The van der Waals surface area contributed by atoms with Gasteiger partial charge in [-0.1, -0.05) is 0 Å². The molecule has 0 unspecified atom stereocenters. The molecule has 0 spiro atoms. The molecule has 2 N–H and O–H groups in total. The molecule has 0 bridgehead atoms. The fourth-order valence-corrected chi connectivity index (χ4v) is 0. The van der Waals surface area contributed by atoms with Crippen LogP contribution in [0.15, 0.2) is 0 Å². The third kappa shape index (κ3) is 106. The maximum Gasteiger partial charge on any atom is 0.290 e. The summed E-state index contributed by atoms with van der Waals surface area (Å²) in [6.07, 6.45) is 0.750. The molecule has 50 valence electrons. The lowest BCUT2D eigenvalue weighted by Gasteiger charge is -1.34. The molecule has 0 aromatic heterocycles. The Kier molecular flexibility index (Phi) is 258. The summed E-state index contributed by atoms with van der Waals surface area (Å²) in [5.74, 6) is 0. The normalized spacial score (nSPS) is 3.88. The van der Waals surface area contributed by atoms with Crippen molar-refractivity contribution in [2.75, 3.05) is 7.11 Å². The minimum absolute atomic E-state index is 0.250. The highest BCUT2D eigenvalue weighted by Gasteiger charge is 1.24. The third-order valence-corrected chi connectivity index (χ3v) is 0. The lowest BCUT2D eigenvalue weighted by atomic mass is 11.0. The van der Waals surface area contributed by atoms with Crippen molar-refractivity contribution >= 4 is 12.8 Å². The summed E-state index contributed by atoms with van der Waals surface area (Å²) in [6, 6.07) is 0. The predicted molar refractivity (Wildman–Crippen MR) is 28.6 cm³/mol. The summed E-state index contributed by atoms with van der Waals surface area (Å²) < 4.78 is 0. The number of hydrogen-bond donors (Lipinski definition) is 2. The number of aliphatic hydroxyl groups excluding tert-OH is 1. The van der Waals surface area contributed by atoms with Gasteiger partial charge in [0.2, 0.25) is 0 Å². The van der Waals surface area contributed by atoms with E-state index >= 15 is 0 Å². The van der Waals surface area contributed by atoms with Gasteiger partial charge in [-0.25, -0.2) is 0 Å². The van der Waals surface area contributed by atoms with E-state index in [-0.39, 0.29) is 6.47 Å². The summed E-state index contributed by atoms with van der Waals surface area (Å²) in [4.78, 5) is 17.2. The average molecular weight is 122 g/mol. The van der Waals surface area contributed by atoms with E-state index in [2.05, 4.69) is 0 Å². The highest BCUT2D eigenvalue weighted by Crippen LogP contribution is 1.13. The zero-order valence-corrected chi connectivity index (χ0v) is 4.87. The topological polar surface area (TPSA) is 74.6 Å². The Bertz CT molecular complexity index is 29.0. The first-order chi connectivity index (χ1) is 3.83. The van der Waals surface area contributed by atoms with E-state index in [0.29, 0.717) is 0 Å². The van der Waals surface area contributed by atoms with E-state index in [9.17, 15) is 0 Å². The molecular weight excluding hydrogens is 112 g/mol. The lowest BCUT2D eigenvalue weighted by Crippen LogP contribution is -1.49. The fourth-order valence-electron chi connectivity index (χ4n) is 0. The van der Waals surface area contributed by atoms with Gasteiger partial charge < -0.3 is 15.0 Å². The van der Waals surface area contributed by atoms with Gasteiger partial charge in [-0.05, 0) is 6.92 Å². The lowest BCUT2D eigenvalue weighted by molar-refractivity contribution is -0.122. The van der Waals surface area contributed by atoms with Gasteiger partial charge in [0.1, 0.15) is 6.29 Å². The van der Waals surface area contributed by atoms with Crippen LogP contribution >= 0.6 is 0 Å². The van der Waals surface area contributed by atoms with Crippen LogP contribution < -0.4 is 0 Å². The molecule has 0 aromatic carbocycles. The van der Waals surface area contributed by atoms with Gasteiger partial charge in [0.15, 0.2) is 0 Å². The van der Waals surface area contributed by atoms with E-state index in [1.165, 1.54) is 6.92 Å². The van der Waals surface area contributed by atoms with Gasteiger partial charge in [0.05, 0.1) is 0 Å². The molecule has 0 aliphatic carbocycles. The average Bonchev–Trinajstić information content (AvgIpc) is 1.75. The van der Waals surface area contributed by atoms with Crippen LogP contribution in [0.1, 0.15) is 6.92 Å². The second-order valence-electron chi connectivity index (χ2n) is 0.341. The molecule has 0 saturated carbocycles. The molecule has 4 heteroatoms. The van der Waals surface area contributed by atoms with Crippen molar-refractivity contribution in [2.24, 2.45) is 0 Å². The monoisotopic (exact) mass is 122 g/mol. The molecule has 0 aliphatic rings.